The first kappa shape index (κ1) is 71.1. The summed E-state index contributed by atoms with van der Waals surface area (Å²) >= 11 is 0. The minimum Gasteiger partial charge on any atom is -0.420 e. The van der Waals surface area contributed by atoms with E-state index in [2.05, 4.69) is 69.7 Å². The molecule has 1 unspecified atom stereocenters. The molecular formula is C62H88F4N6O14. The molecule has 86 heavy (non-hydrogen) atoms. The van der Waals surface area contributed by atoms with Gasteiger partial charge in [0.25, 0.3) is 5.91 Å². The number of hydrogen-bond acceptors (Lipinski definition) is 18. The van der Waals surface area contributed by atoms with Crippen LogP contribution in [-0.2, 0) is 70.0 Å². The number of ether oxygens (including phenoxy) is 11. The fourth-order valence-corrected chi connectivity index (χ4v) is 8.98. The molecule has 20 nitrogen and oxygen atoms in total. The largest absolute Gasteiger partial charge is 0.420 e. The maximum atomic E-state index is 13.6. The number of carbonyl (C=O) groups is 3. The highest BCUT2D eigenvalue weighted by Gasteiger charge is 2.25. The van der Waals surface area contributed by atoms with Gasteiger partial charge in [0.15, 0.2) is 11.6 Å². The summed E-state index contributed by atoms with van der Waals surface area (Å²) in [7, 11) is 2.08. The molecule has 2 amide bonds. The number of likely N-dealkylation sites (tertiary alicyclic amines) is 1. The number of nitrogens with zero attached hydrogens (tertiary/aromatic N) is 5. The quantitative estimate of drug-likeness (QED) is 0.0146. The van der Waals surface area contributed by atoms with Gasteiger partial charge in [0.2, 0.25) is 23.3 Å². The number of likely N-dealkylation sites (N-methyl/N-ethyl adjacent to an activating group) is 1. The molecule has 1 saturated heterocycles. The molecule has 0 bridgehead atoms. The Morgan fingerprint density at radius 2 is 1.14 bits per heavy atom. The summed E-state index contributed by atoms with van der Waals surface area (Å²) in [5, 5.41) is 0. The van der Waals surface area contributed by atoms with Gasteiger partial charge in [-0.1, -0.05) is 44.2 Å². The van der Waals surface area contributed by atoms with Crippen molar-refractivity contribution in [1.82, 2.24) is 14.7 Å². The van der Waals surface area contributed by atoms with E-state index >= 15 is 0 Å². The summed E-state index contributed by atoms with van der Waals surface area (Å²) in [4.78, 5) is 53.9. The van der Waals surface area contributed by atoms with Crippen molar-refractivity contribution >= 4 is 41.6 Å². The second-order valence-corrected chi connectivity index (χ2v) is 20.4. The summed E-state index contributed by atoms with van der Waals surface area (Å²) in [6, 6.07) is 14.1. The van der Waals surface area contributed by atoms with Crippen molar-refractivity contribution in [2.45, 2.75) is 65.5 Å². The Bertz CT molecular complexity index is 2530. The number of aliphatic imine (C=N–C) groups is 2. The van der Waals surface area contributed by atoms with E-state index in [1.54, 1.807) is 18.3 Å². The van der Waals surface area contributed by atoms with E-state index in [1.165, 1.54) is 11.1 Å². The second-order valence-electron chi connectivity index (χ2n) is 20.4. The summed E-state index contributed by atoms with van der Waals surface area (Å²) in [5.41, 5.74) is 11.1. The average molecular weight is 1220 g/mol. The highest BCUT2D eigenvalue weighted by molar-refractivity contribution is 6.06. The van der Waals surface area contributed by atoms with E-state index in [4.69, 9.17) is 53.1 Å². The smallest absolute Gasteiger partial charge is 0.313 e. The van der Waals surface area contributed by atoms with Crippen LogP contribution in [0.2, 0.25) is 0 Å². The average Bonchev–Trinajstić information content (AvgIpc) is 2.34. The monoisotopic (exact) mass is 1220 g/mol. The Morgan fingerprint density at radius 3 is 1.65 bits per heavy atom. The van der Waals surface area contributed by atoms with E-state index in [0.29, 0.717) is 148 Å². The lowest BCUT2D eigenvalue weighted by molar-refractivity contribution is -0.136. The zero-order valence-corrected chi connectivity index (χ0v) is 50.2. The molecule has 0 radical (unpaired) electrons. The first-order chi connectivity index (χ1) is 41.8. The summed E-state index contributed by atoms with van der Waals surface area (Å²) in [6.45, 7) is 17.3. The van der Waals surface area contributed by atoms with Crippen LogP contribution in [0.4, 0.5) is 23.2 Å². The van der Waals surface area contributed by atoms with Crippen LogP contribution >= 0.6 is 0 Å². The van der Waals surface area contributed by atoms with E-state index in [1.807, 2.05) is 17.0 Å². The topological polar surface area (TPSA) is 213 Å². The number of hydrogen-bond donors (Lipinski definition) is 1. The second kappa shape index (κ2) is 42.3. The fourth-order valence-electron chi connectivity index (χ4n) is 8.98. The van der Waals surface area contributed by atoms with Crippen LogP contribution in [0.15, 0.2) is 64.1 Å². The molecule has 24 heteroatoms. The highest BCUT2D eigenvalue weighted by atomic mass is 19.2. The Balaban J connectivity index is 0.758. The van der Waals surface area contributed by atoms with E-state index in [9.17, 15) is 31.9 Å². The molecule has 1 atom stereocenters. The number of benzene rings is 3. The number of esters is 1. The predicted octanol–water partition coefficient (Wildman–Crippen LogP) is 7.38. The van der Waals surface area contributed by atoms with Crippen molar-refractivity contribution in [2.75, 3.05) is 172 Å². The van der Waals surface area contributed by atoms with Crippen LogP contribution in [0.1, 0.15) is 79.4 Å². The molecule has 478 valence electrons. The van der Waals surface area contributed by atoms with Gasteiger partial charge in [-0.15, -0.1) is 0 Å². The number of piperidine rings is 1. The third-order valence-corrected chi connectivity index (χ3v) is 13.3. The van der Waals surface area contributed by atoms with Crippen LogP contribution in [-0.4, -0.2) is 216 Å². The molecule has 5 rings (SSSR count). The molecule has 0 aromatic heterocycles. The van der Waals surface area contributed by atoms with Gasteiger partial charge in [0.05, 0.1) is 144 Å². The number of fused-ring (bicyclic) bond motifs is 1. The lowest BCUT2D eigenvalue weighted by Crippen LogP contribution is -2.35. The molecule has 2 N–H and O–H groups in total. The van der Waals surface area contributed by atoms with Gasteiger partial charge in [-0.3, -0.25) is 24.2 Å². The molecule has 3 aromatic rings. The van der Waals surface area contributed by atoms with Gasteiger partial charge in [-0.05, 0) is 68.6 Å². The Morgan fingerprint density at radius 1 is 0.651 bits per heavy atom. The van der Waals surface area contributed by atoms with E-state index < -0.39 is 41.4 Å². The minimum absolute atomic E-state index is 0.0182. The molecule has 0 saturated carbocycles. The maximum Gasteiger partial charge on any atom is 0.313 e. The van der Waals surface area contributed by atoms with Gasteiger partial charge >= 0.3 is 5.97 Å². The molecule has 2 aliphatic heterocycles. The third kappa shape index (κ3) is 28.0. The normalized spacial score (nSPS) is 14.6. The first-order valence-corrected chi connectivity index (χ1v) is 29.7. The van der Waals surface area contributed by atoms with Crippen molar-refractivity contribution in [3.05, 3.63) is 99.6 Å². The molecule has 0 spiro atoms. The first-order valence-electron chi connectivity index (χ1n) is 29.7. The molecule has 0 aliphatic carbocycles. The number of halogens is 4. The zero-order valence-electron chi connectivity index (χ0n) is 50.2. The van der Waals surface area contributed by atoms with Gasteiger partial charge < -0.3 is 62.7 Å². The number of rotatable bonds is 45. The molecule has 2 heterocycles. The summed E-state index contributed by atoms with van der Waals surface area (Å²) < 4.78 is 113. The van der Waals surface area contributed by atoms with Crippen LogP contribution in [0.3, 0.4) is 0 Å². The van der Waals surface area contributed by atoms with Crippen molar-refractivity contribution in [3.8, 4) is 5.75 Å². The number of amides is 2. The van der Waals surface area contributed by atoms with Gasteiger partial charge in [0.1, 0.15) is 5.84 Å². The maximum absolute atomic E-state index is 13.6. The molecule has 1 fully saturated rings. The highest BCUT2D eigenvalue weighted by Crippen LogP contribution is 2.30. The van der Waals surface area contributed by atoms with Crippen molar-refractivity contribution in [3.63, 3.8) is 0 Å². The fraction of sp³-hybridized carbons (Fsp3) is 0.597. The minimum atomic E-state index is -1.80. The number of carbonyl (C=O) groups excluding carboxylic acids is 3. The van der Waals surface area contributed by atoms with E-state index in [-0.39, 0.29) is 50.0 Å². The summed E-state index contributed by atoms with van der Waals surface area (Å²) in [5.74, 6) is -9.35. The lowest BCUT2D eigenvalue weighted by Gasteiger charge is -2.31. The van der Waals surface area contributed by atoms with Crippen LogP contribution < -0.4 is 10.5 Å². The van der Waals surface area contributed by atoms with Crippen molar-refractivity contribution in [1.29, 1.82) is 0 Å². The van der Waals surface area contributed by atoms with Crippen molar-refractivity contribution in [2.24, 2.45) is 21.6 Å². The summed E-state index contributed by atoms with van der Waals surface area (Å²) in [6.07, 6.45) is 7.27. The molecular weight excluding hydrogens is 1130 g/mol. The van der Waals surface area contributed by atoms with Gasteiger partial charge in [-0.25, -0.2) is 18.8 Å². The predicted molar refractivity (Wildman–Crippen MR) is 316 cm³/mol. The lowest BCUT2D eigenvalue weighted by atomic mass is 9.98. The van der Waals surface area contributed by atoms with Crippen LogP contribution in [0.5, 0.6) is 5.75 Å². The Labute approximate surface area is 503 Å². The van der Waals surface area contributed by atoms with Crippen molar-refractivity contribution < 1.29 is 84.1 Å². The Hall–Kier alpha value is -5.61. The Kier molecular flexibility index (Phi) is 35.0. The SMILES string of the molecule is CCCN(CCC)C(=O)C1=Cc2ccc(C(=O)/N=C/C3CCCN(Cc4ccc(CN(C)CCOCCOCCOCCOCCOCCOCCOCCOCCOCCOCCC(=O)Oc5c(F)c(F)cc(F)c5F)cc4)C3)cc2N=C(N)C1. The van der Waals surface area contributed by atoms with Gasteiger partial charge in [0, 0.05) is 80.6 Å². The molecule has 2 aliphatic rings. The number of amidine groups is 1. The van der Waals surface area contributed by atoms with Crippen LogP contribution in [0.25, 0.3) is 6.08 Å². The molecule has 3 aromatic carbocycles. The van der Waals surface area contributed by atoms with Gasteiger partial charge in [-0.2, -0.15) is 8.78 Å². The third-order valence-electron chi connectivity index (χ3n) is 13.3. The number of nitrogens with two attached hydrogens (primary N) is 1. The van der Waals surface area contributed by atoms with E-state index in [0.717, 1.165) is 64.0 Å². The zero-order chi connectivity index (χ0) is 61.6. The van der Waals surface area contributed by atoms with Crippen LogP contribution in [0, 0.1) is 29.2 Å². The standard InChI is InChI=1S/C62H88F4N6O14/c1-4-15-72(16-5-2)62(75)52-39-50-12-13-51(40-55(50)69-56(67)41-52)61(74)68-43-49-7-6-17-71(46-49)45-48-10-8-47(9-11-48)44-70(3)18-20-77-22-24-79-26-28-81-30-32-83-34-36-85-38-37-84-35-33-82-31-29-80-27-25-78-23-21-76-19-14-57(73)86-60-58(65)53(63)42-54(64)59(60)66/h8-13,39-40,42-43,49H,4-7,14-38,41,44-46H2,1-3H3,(H2,67,69)/b68-43+.